The SMILES string of the molecule is CCC1=C(C)C2=CC3=NC(=C(C)/C3=C\O)C=C3NC(=C4C5=NC(=CC1=N2)C(C)=C5C(=O)C4C(=O)OC)[C@@H](CCC(=O)OC/C=C(/C)CCCC(C)CCCC(C)CCCC(C)C)[C@@H]3C. The first-order valence-corrected chi connectivity index (χ1v) is 23.9. The van der Waals surface area contributed by atoms with Gasteiger partial charge >= 0.3 is 11.9 Å². The van der Waals surface area contributed by atoms with E-state index in [1.54, 1.807) is 0 Å². The fourth-order valence-electron chi connectivity index (χ4n) is 10.1. The molecule has 64 heavy (non-hydrogen) atoms. The maximum Gasteiger partial charge on any atom is 0.321 e. The van der Waals surface area contributed by atoms with Gasteiger partial charge in [-0.2, -0.15) is 0 Å². The van der Waals surface area contributed by atoms with Crippen LogP contribution in [0.5, 0.6) is 0 Å². The monoisotopic (exact) mass is 873 g/mol. The van der Waals surface area contributed by atoms with Crippen molar-refractivity contribution in [3.05, 3.63) is 104 Å². The molecule has 2 N–H and O–H groups in total. The number of nitrogens with zero attached hydrogens (tertiary/aromatic N) is 3. The van der Waals surface area contributed by atoms with Gasteiger partial charge in [0.05, 0.1) is 47.6 Å². The number of aliphatic imine (C=N–C) groups is 3. The fourth-order valence-corrected chi connectivity index (χ4v) is 10.1. The van der Waals surface area contributed by atoms with Gasteiger partial charge in [-0.3, -0.25) is 14.4 Å². The molecule has 8 bridgehead atoms. The smallest absolute Gasteiger partial charge is 0.321 e. The molecule has 1 saturated carbocycles. The molecule has 5 heterocycles. The summed E-state index contributed by atoms with van der Waals surface area (Å²) in [6.07, 6.45) is 21.4. The lowest BCUT2D eigenvalue weighted by Crippen LogP contribution is -2.26. The highest BCUT2D eigenvalue weighted by atomic mass is 16.5. The Kier molecular flexibility index (Phi) is 16.0. The van der Waals surface area contributed by atoms with Gasteiger partial charge in [-0.25, -0.2) is 15.0 Å². The molecule has 2 fully saturated rings. The standard InChI is InChI=1S/C54H72N4O6/c1-12-38-34(7)42-27-46-40(29-59)36(9)41(56-46)26-43-35(8)39(51(57-43)49-50(54(62)63-11)53(61)48-37(10)44(58-52(48)49)28-45(38)55-42)22-23-47(60)64-25-24-33(6)21-15-20-32(5)19-14-18-31(4)17-13-16-30(2)3/h24,26-32,35,39,50,57,59H,12-23,25H2,1-11H3/b33-24-,40-29+,42-27?,43-26?,44-28?,51-49?/t31?,32?,35-,39-,50?/m0/s1. The van der Waals surface area contributed by atoms with Crippen LogP contribution in [0.1, 0.15) is 146 Å². The average molecular weight is 873 g/mol. The van der Waals surface area contributed by atoms with Crippen molar-refractivity contribution in [1.29, 1.82) is 0 Å². The number of methoxy groups -OCH3 is 1. The number of ether oxygens (including phenoxy) is 2. The van der Waals surface area contributed by atoms with Crippen LogP contribution in [0.15, 0.2) is 119 Å². The van der Waals surface area contributed by atoms with Crippen molar-refractivity contribution in [1.82, 2.24) is 5.32 Å². The number of allylic oxidation sites excluding steroid dienone is 12. The van der Waals surface area contributed by atoms with Gasteiger partial charge in [0, 0.05) is 46.4 Å². The lowest BCUT2D eigenvalue weighted by molar-refractivity contribution is -0.146. The zero-order valence-electron chi connectivity index (χ0n) is 40.4. The maximum absolute atomic E-state index is 14.4. The van der Waals surface area contributed by atoms with Crippen LogP contribution in [0.2, 0.25) is 0 Å². The molecule has 1 aliphatic carbocycles. The zero-order chi connectivity index (χ0) is 46.4. The Morgan fingerprint density at radius 1 is 0.859 bits per heavy atom. The number of hydrogen-bond donors (Lipinski definition) is 2. The van der Waals surface area contributed by atoms with E-state index in [0.717, 1.165) is 71.2 Å². The molecule has 6 rings (SSSR count). The van der Waals surface area contributed by atoms with Crippen LogP contribution in [0.25, 0.3) is 0 Å². The van der Waals surface area contributed by atoms with Gasteiger partial charge in [-0.05, 0) is 118 Å². The number of ketones is 1. The molecule has 0 aromatic rings. The summed E-state index contributed by atoms with van der Waals surface area (Å²) in [5.41, 5.74) is 11.5. The molecule has 1 saturated heterocycles. The van der Waals surface area contributed by atoms with Crippen molar-refractivity contribution in [2.45, 2.75) is 146 Å². The number of aliphatic hydroxyl groups is 1. The van der Waals surface area contributed by atoms with Gasteiger partial charge in [0.15, 0.2) is 5.78 Å². The molecular weight excluding hydrogens is 801 g/mol. The summed E-state index contributed by atoms with van der Waals surface area (Å²) in [7, 11) is 1.29. The second-order valence-electron chi connectivity index (χ2n) is 19.4. The number of rotatable bonds is 19. The van der Waals surface area contributed by atoms with E-state index < -0.39 is 11.9 Å². The summed E-state index contributed by atoms with van der Waals surface area (Å²) in [4.78, 5) is 56.4. The zero-order valence-corrected chi connectivity index (χ0v) is 40.4. The van der Waals surface area contributed by atoms with Crippen LogP contribution in [0.3, 0.4) is 0 Å². The summed E-state index contributed by atoms with van der Waals surface area (Å²) >= 11 is 0. The largest absolute Gasteiger partial charge is 0.515 e. The summed E-state index contributed by atoms with van der Waals surface area (Å²) in [6.45, 7) is 21.7. The van der Waals surface area contributed by atoms with Crippen LogP contribution in [-0.2, 0) is 23.9 Å². The van der Waals surface area contributed by atoms with Crippen LogP contribution >= 0.6 is 0 Å². The third-order valence-corrected chi connectivity index (χ3v) is 14.2. The van der Waals surface area contributed by atoms with Crippen molar-refractivity contribution in [3.8, 4) is 0 Å². The van der Waals surface area contributed by atoms with Gasteiger partial charge in [-0.1, -0.05) is 92.1 Å². The second kappa shape index (κ2) is 21.2. The average Bonchev–Trinajstić information content (AvgIpc) is 3.99. The maximum atomic E-state index is 14.4. The molecule has 5 aliphatic heterocycles. The number of esters is 2. The first-order valence-electron chi connectivity index (χ1n) is 23.9. The molecule has 0 spiro atoms. The number of nitrogens with one attached hydrogen (secondary N) is 1. The van der Waals surface area contributed by atoms with Gasteiger partial charge in [0.25, 0.3) is 0 Å². The van der Waals surface area contributed by atoms with Gasteiger partial charge in [-0.15, -0.1) is 0 Å². The quantitative estimate of drug-likeness (QED) is 0.0570. The fraction of sp³-hybridized carbons (Fsp3) is 0.556. The highest BCUT2D eigenvalue weighted by Gasteiger charge is 2.52. The van der Waals surface area contributed by atoms with E-state index >= 15 is 0 Å². The minimum Gasteiger partial charge on any atom is -0.515 e. The highest BCUT2D eigenvalue weighted by molar-refractivity contribution is 6.42. The van der Waals surface area contributed by atoms with Crippen LogP contribution in [-0.4, -0.2) is 53.7 Å². The van der Waals surface area contributed by atoms with Crippen LogP contribution < -0.4 is 5.32 Å². The molecule has 0 aromatic heterocycles. The van der Waals surface area contributed by atoms with Crippen LogP contribution in [0.4, 0.5) is 0 Å². The summed E-state index contributed by atoms with van der Waals surface area (Å²) < 4.78 is 11.0. The van der Waals surface area contributed by atoms with E-state index in [1.165, 1.54) is 57.6 Å². The van der Waals surface area contributed by atoms with Crippen molar-refractivity contribution in [3.63, 3.8) is 0 Å². The number of Topliss-reactive ketones (excluding diaryl/α,β-unsaturated/α-hetero) is 1. The molecule has 0 aromatic carbocycles. The Morgan fingerprint density at radius 3 is 2.17 bits per heavy atom. The van der Waals surface area contributed by atoms with E-state index in [9.17, 15) is 19.5 Å². The Bertz CT molecular complexity index is 2300. The minimum atomic E-state index is -1.21. The predicted octanol–water partition coefficient (Wildman–Crippen LogP) is 12.0. The Balaban J connectivity index is 1.20. The third kappa shape index (κ3) is 10.5. The van der Waals surface area contributed by atoms with Gasteiger partial charge in [0.2, 0.25) is 0 Å². The van der Waals surface area contributed by atoms with E-state index in [1.807, 2.05) is 45.1 Å². The first-order chi connectivity index (χ1) is 30.6. The molecule has 5 atom stereocenters. The number of fused-ring (bicyclic) bond motifs is 5. The van der Waals surface area contributed by atoms with Gasteiger partial charge < -0.3 is 19.9 Å². The molecule has 10 heteroatoms. The number of carbonyl (C=O) groups excluding carboxylic acids is 3. The normalized spacial score (nSPS) is 23.4. The van der Waals surface area contributed by atoms with E-state index in [4.69, 9.17) is 24.5 Å². The lowest BCUT2D eigenvalue weighted by Gasteiger charge is -2.19. The first kappa shape index (κ1) is 48.3. The number of hydrogen-bond acceptors (Lipinski definition) is 10. The molecule has 344 valence electrons. The Hall–Kier alpha value is -5.12. The predicted molar refractivity (Wildman–Crippen MR) is 258 cm³/mol. The lowest BCUT2D eigenvalue weighted by atomic mass is 9.85. The van der Waals surface area contributed by atoms with Gasteiger partial charge in [0.1, 0.15) is 12.5 Å². The van der Waals surface area contributed by atoms with E-state index in [2.05, 4.69) is 53.8 Å². The minimum absolute atomic E-state index is 0.137. The molecule has 10 nitrogen and oxygen atoms in total. The topological polar surface area (TPSA) is 139 Å². The van der Waals surface area contributed by atoms with Crippen molar-refractivity contribution in [2.24, 2.45) is 50.5 Å². The number of carbonyl (C=O) groups is 3. The molecule has 6 aliphatic rings. The number of aliphatic hydroxyl groups excluding tert-OH is 1. The van der Waals surface area contributed by atoms with Crippen molar-refractivity contribution < 1.29 is 29.0 Å². The summed E-state index contributed by atoms with van der Waals surface area (Å²) in [6, 6.07) is 0. The van der Waals surface area contributed by atoms with E-state index in [-0.39, 0.29) is 36.6 Å². The van der Waals surface area contributed by atoms with Crippen molar-refractivity contribution in [2.75, 3.05) is 13.7 Å². The Labute approximate surface area is 382 Å². The van der Waals surface area contributed by atoms with Crippen molar-refractivity contribution >= 4 is 34.9 Å². The summed E-state index contributed by atoms with van der Waals surface area (Å²) in [5.74, 6) is -0.697. The Morgan fingerprint density at radius 2 is 1.52 bits per heavy atom. The summed E-state index contributed by atoms with van der Waals surface area (Å²) in [5, 5.41) is 14.0. The molecule has 0 radical (unpaired) electrons. The molecule has 0 amide bonds. The second-order valence-corrected chi connectivity index (χ2v) is 19.4. The molecular formula is C54H72N4O6. The highest BCUT2D eigenvalue weighted by Crippen LogP contribution is 2.47. The van der Waals surface area contributed by atoms with Crippen LogP contribution in [0, 0.1) is 35.5 Å². The molecule has 3 unspecified atom stereocenters. The third-order valence-electron chi connectivity index (χ3n) is 14.2. The van der Waals surface area contributed by atoms with E-state index in [0.29, 0.717) is 63.1 Å².